The molecule has 1 saturated heterocycles. The highest BCUT2D eigenvalue weighted by atomic mass is 35.6. The van der Waals surface area contributed by atoms with Crippen LogP contribution >= 0.6 is 34.8 Å². The zero-order chi connectivity index (χ0) is 23.8. The average Bonchev–Trinajstić information content (AvgIpc) is 2.91. The molecule has 1 fully saturated rings. The first-order chi connectivity index (χ1) is 14.8. The number of alkyl halides is 6. The van der Waals surface area contributed by atoms with Crippen molar-refractivity contribution in [2.45, 2.75) is 16.1 Å². The van der Waals surface area contributed by atoms with E-state index < -0.39 is 45.3 Å². The topological polar surface area (TPSA) is 65.0 Å². The van der Waals surface area contributed by atoms with Crippen LogP contribution in [0.5, 0.6) is 0 Å². The number of carbonyl (C=O) groups is 2. The van der Waals surface area contributed by atoms with Crippen molar-refractivity contribution >= 4 is 64.0 Å². The number of anilines is 2. The first kappa shape index (κ1) is 24.1. The van der Waals surface area contributed by atoms with E-state index in [0.717, 1.165) is 31.3 Å². The van der Waals surface area contributed by atoms with E-state index in [2.05, 4.69) is 10.3 Å². The van der Waals surface area contributed by atoms with Crippen molar-refractivity contribution in [2.75, 3.05) is 17.3 Å². The zero-order valence-electron chi connectivity index (χ0n) is 16.0. The Morgan fingerprint density at radius 3 is 2.22 bits per heavy atom. The van der Waals surface area contributed by atoms with Crippen LogP contribution in [0, 0.1) is 5.82 Å². The molecule has 32 heavy (non-hydrogen) atoms. The van der Waals surface area contributed by atoms with Crippen molar-refractivity contribution in [2.24, 2.45) is 4.99 Å². The van der Waals surface area contributed by atoms with Crippen molar-refractivity contribution in [3.05, 3.63) is 59.9 Å². The number of imide groups is 1. The molecule has 0 aliphatic carbocycles. The number of rotatable bonds is 4. The lowest BCUT2D eigenvalue weighted by molar-refractivity contribution is -0.137. The van der Waals surface area contributed by atoms with Crippen LogP contribution < -0.4 is 10.2 Å². The number of urea groups is 1. The Morgan fingerprint density at radius 1 is 1.03 bits per heavy atom. The van der Waals surface area contributed by atoms with Crippen LogP contribution in [0.25, 0.3) is 0 Å². The Labute approximate surface area is 194 Å². The summed E-state index contributed by atoms with van der Waals surface area (Å²) < 4.78 is 50.4. The van der Waals surface area contributed by atoms with Crippen LogP contribution in [0.3, 0.4) is 0 Å². The highest BCUT2D eigenvalue weighted by Gasteiger charge is 2.44. The molecule has 1 heterocycles. The van der Waals surface area contributed by atoms with Gasteiger partial charge in [0, 0.05) is 12.7 Å². The van der Waals surface area contributed by atoms with Crippen molar-refractivity contribution in [3.8, 4) is 0 Å². The highest BCUT2D eigenvalue weighted by Crippen LogP contribution is 2.36. The molecule has 0 bridgehead atoms. The van der Waals surface area contributed by atoms with Crippen LogP contribution in [0.4, 0.5) is 33.7 Å². The van der Waals surface area contributed by atoms with E-state index >= 15 is 0 Å². The average molecular weight is 512 g/mol. The number of hydrogen-bond donors (Lipinski definition) is 1. The second kappa shape index (κ2) is 8.76. The molecule has 1 atom stereocenters. The Balaban J connectivity index is 2.07. The van der Waals surface area contributed by atoms with E-state index in [-0.39, 0.29) is 11.4 Å². The molecule has 13 heteroatoms. The molecule has 1 N–H and O–H groups in total. The maximum atomic E-state index is 13.2. The van der Waals surface area contributed by atoms with Gasteiger partial charge in [-0.25, -0.2) is 19.1 Å². The number of amidine groups is 1. The lowest BCUT2D eigenvalue weighted by Crippen LogP contribution is -2.38. The predicted octanol–water partition coefficient (Wildman–Crippen LogP) is 5.45. The number of nitrogens with one attached hydrogen (secondary N) is 1. The SMILES string of the molecule is CN1C(=O)C(=NC(Nc2ccc(F)cc2)C(Cl)(Cl)Cl)N(c2cccc(C(F)(F)F)c2)C1=O. The third-order valence-electron chi connectivity index (χ3n) is 4.33. The number of hydrogen-bond acceptors (Lipinski definition) is 4. The van der Waals surface area contributed by atoms with Gasteiger partial charge in [0.1, 0.15) is 5.82 Å². The van der Waals surface area contributed by atoms with E-state index in [1.165, 1.54) is 18.2 Å². The standard InChI is InChI=1S/C19H13Cl3F4N4O2/c1-29-15(31)14(28-16(18(20,21)22)27-12-7-5-11(23)6-8-12)30(17(29)32)13-4-2-3-10(9-13)19(24,25)26/h2-9,16,27H,1H3. The Morgan fingerprint density at radius 2 is 1.66 bits per heavy atom. The van der Waals surface area contributed by atoms with Crippen molar-refractivity contribution in [1.82, 2.24) is 4.90 Å². The quantitative estimate of drug-likeness (QED) is 0.337. The normalized spacial score (nSPS) is 17.3. The van der Waals surface area contributed by atoms with Gasteiger partial charge in [-0.05, 0) is 42.5 Å². The summed E-state index contributed by atoms with van der Waals surface area (Å²) in [5.74, 6) is -2.02. The van der Waals surface area contributed by atoms with Gasteiger partial charge in [0.25, 0.3) is 5.91 Å². The maximum Gasteiger partial charge on any atom is 0.416 e. The summed E-state index contributed by atoms with van der Waals surface area (Å²) in [5, 5.41) is 2.69. The van der Waals surface area contributed by atoms with Crippen molar-refractivity contribution in [3.63, 3.8) is 0 Å². The van der Waals surface area contributed by atoms with Gasteiger partial charge in [-0.1, -0.05) is 40.9 Å². The molecule has 2 aromatic carbocycles. The third kappa shape index (κ3) is 5.08. The van der Waals surface area contributed by atoms with Crippen molar-refractivity contribution < 1.29 is 27.2 Å². The van der Waals surface area contributed by atoms with Crippen LogP contribution in [-0.2, 0) is 11.0 Å². The van der Waals surface area contributed by atoms with E-state index in [9.17, 15) is 27.2 Å². The third-order valence-corrected chi connectivity index (χ3v) is 4.95. The Kier molecular flexibility index (Phi) is 6.60. The summed E-state index contributed by atoms with van der Waals surface area (Å²) in [5.41, 5.74) is -1.03. The molecule has 3 amide bonds. The summed E-state index contributed by atoms with van der Waals surface area (Å²) in [6.07, 6.45) is -6.15. The molecular weight excluding hydrogens is 499 g/mol. The number of halogens is 7. The van der Waals surface area contributed by atoms with Crippen LogP contribution in [0.2, 0.25) is 0 Å². The van der Waals surface area contributed by atoms with Crippen LogP contribution in [-0.4, -0.2) is 39.7 Å². The minimum Gasteiger partial charge on any atom is -0.360 e. The number of aliphatic imine (C=N–C) groups is 1. The number of carbonyl (C=O) groups excluding carboxylic acids is 2. The first-order valence-electron chi connectivity index (χ1n) is 8.75. The lowest BCUT2D eigenvalue weighted by Gasteiger charge is -2.24. The first-order valence-corrected chi connectivity index (χ1v) is 9.88. The largest absolute Gasteiger partial charge is 0.416 e. The van der Waals surface area contributed by atoms with Gasteiger partial charge in [0.2, 0.25) is 9.63 Å². The van der Waals surface area contributed by atoms with Crippen molar-refractivity contribution in [1.29, 1.82) is 0 Å². The minimum atomic E-state index is -4.68. The lowest BCUT2D eigenvalue weighted by atomic mass is 10.2. The second-order valence-electron chi connectivity index (χ2n) is 6.58. The molecule has 0 saturated carbocycles. The predicted molar refractivity (Wildman–Crippen MR) is 114 cm³/mol. The van der Waals surface area contributed by atoms with E-state index in [1.54, 1.807) is 0 Å². The van der Waals surface area contributed by atoms with Gasteiger partial charge in [0.05, 0.1) is 11.3 Å². The van der Waals surface area contributed by atoms with E-state index in [0.29, 0.717) is 15.9 Å². The van der Waals surface area contributed by atoms with Gasteiger partial charge < -0.3 is 5.32 Å². The van der Waals surface area contributed by atoms with Gasteiger partial charge in [-0.3, -0.25) is 9.69 Å². The number of amides is 3. The summed E-state index contributed by atoms with van der Waals surface area (Å²) in [7, 11) is 1.13. The molecule has 0 aromatic heterocycles. The van der Waals surface area contributed by atoms with Gasteiger partial charge in [-0.15, -0.1) is 0 Å². The molecule has 2 aromatic rings. The van der Waals surface area contributed by atoms with Crippen LogP contribution in [0.1, 0.15) is 5.56 Å². The van der Waals surface area contributed by atoms with E-state index in [4.69, 9.17) is 34.8 Å². The van der Waals surface area contributed by atoms with Gasteiger partial charge in [0.15, 0.2) is 6.17 Å². The zero-order valence-corrected chi connectivity index (χ0v) is 18.3. The summed E-state index contributed by atoms with van der Waals surface area (Å²) in [6.45, 7) is 0. The van der Waals surface area contributed by atoms with Gasteiger partial charge in [-0.2, -0.15) is 13.2 Å². The molecule has 6 nitrogen and oxygen atoms in total. The fourth-order valence-electron chi connectivity index (χ4n) is 2.75. The number of likely N-dealkylation sites (N-methyl/N-ethyl adjacent to an activating group) is 1. The molecule has 1 aliphatic heterocycles. The van der Waals surface area contributed by atoms with Crippen LogP contribution in [0.15, 0.2) is 53.5 Å². The molecule has 0 radical (unpaired) electrons. The second-order valence-corrected chi connectivity index (χ2v) is 8.95. The molecule has 3 rings (SSSR count). The molecule has 1 unspecified atom stereocenters. The summed E-state index contributed by atoms with van der Waals surface area (Å²) >= 11 is 17.9. The molecule has 0 spiro atoms. The maximum absolute atomic E-state index is 13.2. The summed E-state index contributed by atoms with van der Waals surface area (Å²) in [4.78, 5) is 30.7. The summed E-state index contributed by atoms with van der Waals surface area (Å²) in [6, 6.07) is 7.72. The monoisotopic (exact) mass is 510 g/mol. The Hall–Kier alpha value is -2.56. The molecule has 1 aliphatic rings. The molecule has 170 valence electrons. The smallest absolute Gasteiger partial charge is 0.360 e. The Bertz CT molecular complexity index is 1070. The fourth-order valence-corrected chi connectivity index (χ4v) is 3.06. The van der Waals surface area contributed by atoms with E-state index in [1.807, 2.05) is 0 Å². The number of nitrogens with zero attached hydrogens (tertiary/aromatic N) is 3. The van der Waals surface area contributed by atoms with Gasteiger partial charge >= 0.3 is 12.2 Å². The number of benzene rings is 2. The fraction of sp³-hybridized carbons (Fsp3) is 0.211. The minimum absolute atomic E-state index is 0.258. The molecular formula is C19H13Cl3F4N4O2. The highest BCUT2D eigenvalue weighted by molar-refractivity contribution is 6.68.